The van der Waals surface area contributed by atoms with Gasteiger partial charge in [-0.25, -0.2) is 4.98 Å². The molecule has 0 aliphatic heterocycles. The second-order valence-corrected chi connectivity index (χ2v) is 5.66. The number of rotatable bonds is 6. The van der Waals surface area contributed by atoms with Crippen LogP contribution in [0.3, 0.4) is 0 Å². The van der Waals surface area contributed by atoms with Gasteiger partial charge in [0.15, 0.2) is 11.7 Å². The van der Waals surface area contributed by atoms with Crippen molar-refractivity contribution in [1.29, 1.82) is 5.26 Å². The first-order chi connectivity index (χ1) is 11.5. The van der Waals surface area contributed by atoms with Gasteiger partial charge in [0.05, 0.1) is 6.07 Å². The van der Waals surface area contributed by atoms with E-state index < -0.39 is 11.8 Å². The summed E-state index contributed by atoms with van der Waals surface area (Å²) in [6.07, 6.45) is 2.19. The lowest BCUT2D eigenvalue weighted by molar-refractivity contribution is -0.128. The summed E-state index contributed by atoms with van der Waals surface area (Å²) in [5, 5.41) is 11.7. The number of ketones is 1. The minimum Gasteiger partial charge on any atom is -0.309 e. The number of nitriles is 1. The number of aryl methyl sites for hydroxylation is 3. The van der Waals surface area contributed by atoms with Crippen LogP contribution in [0.1, 0.15) is 23.1 Å². The number of carbonyl (C=O) groups excluding carboxylic acids is 2. The molecule has 0 aliphatic carbocycles. The average molecular weight is 321 g/mol. The molecule has 0 saturated carbocycles. The molecule has 122 valence electrons. The summed E-state index contributed by atoms with van der Waals surface area (Å²) in [6, 6.07) is 12.8. The lowest BCUT2D eigenvalue weighted by Crippen LogP contribution is -2.29. The highest BCUT2D eigenvalue weighted by Gasteiger charge is 2.26. The standard InChI is InChI=1S/C19H19N3O2/c1-13-6-7-15(14(2)11-13)8-9-17(23)16(12-20)19(24)22-18-5-3-4-10-21-18/h3-7,10-11,16H,8-9H2,1-2H3,(H,21,22,24). The summed E-state index contributed by atoms with van der Waals surface area (Å²) >= 11 is 0. The highest BCUT2D eigenvalue weighted by molar-refractivity contribution is 6.09. The Hall–Kier alpha value is -3.00. The molecule has 2 rings (SSSR count). The van der Waals surface area contributed by atoms with Crippen LogP contribution in [0.2, 0.25) is 0 Å². The molecular formula is C19H19N3O2. The number of benzene rings is 1. The number of hydrogen-bond acceptors (Lipinski definition) is 4. The van der Waals surface area contributed by atoms with E-state index in [2.05, 4.69) is 16.4 Å². The predicted octanol–water partition coefficient (Wildman–Crippen LogP) is 2.98. The van der Waals surface area contributed by atoms with Crippen molar-refractivity contribution >= 4 is 17.5 Å². The Kier molecular flexibility index (Phi) is 5.80. The largest absolute Gasteiger partial charge is 0.309 e. The fourth-order valence-corrected chi connectivity index (χ4v) is 2.44. The Morgan fingerprint density at radius 1 is 1.25 bits per heavy atom. The highest BCUT2D eigenvalue weighted by Crippen LogP contribution is 2.15. The molecule has 0 fully saturated rings. The number of pyridine rings is 1. The van der Waals surface area contributed by atoms with Crippen molar-refractivity contribution in [3.05, 3.63) is 59.3 Å². The number of nitrogens with zero attached hydrogens (tertiary/aromatic N) is 2. The SMILES string of the molecule is Cc1ccc(CCC(=O)C(C#N)C(=O)Nc2ccccn2)c(C)c1. The number of carbonyl (C=O) groups is 2. The van der Waals surface area contributed by atoms with Crippen LogP contribution in [0.4, 0.5) is 5.82 Å². The van der Waals surface area contributed by atoms with Gasteiger partial charge in [0.1, 0.15) is 5.82 Å². The first-order valence-electron chi connectivity index (χ1n) is 7.71. The Bertz CT molecular complexity index is 779. The number of amides is 1. The van der Waals surface area contributed by atoms with E-state index in [9.17, 15) is 14.9 Å². The first-order valence-corrected chi connectivity index (χ1v) is 7.71. The summed E-state index contributed by atoms with van der Waals surface area (Å²) in [5.74, 6) is -2.02. The summed E-state index contributed by atoms with van der Waals surface area (Å²) < 4.78 is 0. The van der Waals surface area contributed by atoms with Crippen molar-refractivity contribution in [3.8, 4) is 6.07 Å². The maximum Gasteiger partial charge on any atom is 0.250 e. The topological polar surface area (TPSA) is 82.8 Å². The molecule has 24 heavy (non-hydrogen) atoms. The van der Waals surface area contributed by atoms with E-state index in [1.54, 1.807) is 24.3 Å². The summed E-state index contributed by atoms with van der Waals surface area (Å²) in [5.41, 5.74) is 3.32. The van der Waals surface area contributed by atoms with E-state index >= 15 is 0 Å². The van der Waals surface area contributed by atoms with Gasteiger partial charge in [-0.3, -0.25) is 9.59 Å². The van der Waals surface area contributed by atoms with Gasteiger partial charge in [-0.2, -0.15) is 5.26 Å². The van der Waals surface area contributed by atoms with Gasteiger partial charge >= 0.3 is 0 Å². The van der Waals surface area contributed by atoms with Crippen LogP contribution in [0.5, 0.6) is 0 Å². The molecule has 1 aromatic carbocycles. The summed E-state index contributed by atoms with van der Waals surface area (Å²) in [7, 11) is 0. The van der Waals surface area contributed by atoms with Gasteiger partial charge in [0.25, 0.3) is 5.91 Å². The second-order valence-electron chi connectivity index (χ2n) is 5.66. The Morgan fingerprint density at radius 3 is 2.67 bits per heavy atom. The predicted molar refractivity (Wildman–Crippen MR) is 91.2 cm³/mol. The molecule has 1 amide bonds. The third-order valence-corrected chi connectivity index (χ3v) is 3.77. The molecule has 0 radical (unpaired) electrons. The average Bonchev–Trinajstić information content (AvgIpc) is 2.55. The van der Waals surface area contributed by atoms with Crippen molar-refractivity contribution in [3.63, 3.8) is 0 Å². The van der Waals surface area contributed by atoms with Gasteiger partial charge in [-0.1, -0.05) is 29.8 Å². The number of Topliss-reactive ketones (excluding diaryl/α,β-unsaturated/α-hetero) is 1. The molecule has 0 spiro atoms. The summed E-state index contributed by atoms with van der Waals surface area (Å²) in [6.45, 7) is 4.00. The van der Waals surface area contributed by atoms with E-state index in [0.717, 1.165) is 16.7 Å². The summed E-state index contributed by atoms with van der Waals surface area (Å²) in [4.78, 5) is 28.3. The Morgan fingerprint density at radius 2 is 2.04 bits per heavy atom. The normalized spacial score (nSPS) is 11.4. The third kappa shape index (κ3) is 4.50. The van der Waals surface area contributed by atoms with Crippen LogP contribution in [0, 0.1) is 31.1 Å². The fraction of sp³-hybridized carbons (Fsp3) is 0.263. The van der Waals surface area contributed by atoms with Crippen LogP contribution < -0.4 is 5.32 Å². The zero-order valence-corrected chi connectivity index (χ0v) is 13.7. The molecule has 5 nitrogen and oxygen atoms in total. The van der Waals surface area contributed by atoms with Crippen LogP contribution in [0.15, 0.2) is 42.6 Å². The van der Waals surface area contributed by atoms with Crippen LogP contribution in [-0.4, -0.2) is 16.7 Å². The van der Waals surface area contributed by atoms with Crippen molar-refractivity contribution in [2.45, 2.75) is 26.7 Å². The minimum atomic E-state index is -1.32. The second kappa shape index (κ2) is 8.02. The lowest BCUT2D eigenvalue weighted by Gasteiger charge is -2.10. The third-order valence-electron chi connectivity index (χ3n) is 3.77. The van der Waals surface area contributed by atoms with Gasteiger partial charge in [0.2, 0.25) is 0 Å². The van der Waals surface area contributed by atoms with Crippen LogP contribution in [-0.2, 0) is 16.0 Å². The van der Waals surface area contributed by atoms with Gasteiger partial charge in [-0.15, -0.1) is 0 Å². The molecule has 2 aromatic rings. The van der Waals surface area contributed by atoms with Crippen molar-refractivity contribution < 1.29 is 9.59 Å². The van der Waals surface area contributed by atoms with Crippen LogP contribution in [0.25, 0.3) is 0 Å². The zero-order chi connectivity index (χ0) is 17.5. The Labute approximate surface area is 141 Å². The van der Waals surface area contributed by atoms with Gasteiger partial charge in [-0.05, 0) is 43.5 Å². The molecule has 1 aromatic heterocycles. The van der Waals surface area contributed by atoms with Crippen molar-refractivity contribution in [2.75, 3.05) is 5.32 Å². The minimum absolute atomic E-state index is 0.151. The zero-order valence-electron chi connectivity index (χ0n) is 13.7. The maximum absolute atomic E-state index is 12.3. The number of hydrogen-bond donors (Lipinski definition) is 1. The fourth-order valence-electron chi connectivity index (χ4n) is 2.44. The molecule has 1 unspecified atom stereocenters. The van der Waals surface area contributed by atoms with E-state index in [0.29, 0.717) is 12.2 Å². The van der Waals surface area contributed by atoms with Crippen molar-refractivity contribution in [1.82, 2.24) is 4.98 Å². The smallest absolute Gasteiger partial charge is 0.250 e. The monoisotopic (exact) mass is 321 g/mol. The molecular weight excluding hydrogens is 302 g/mol. The lowest BCUT2D eigenvalue weighted by atomic mass is 9.96. The van der Waals surface area contributed by atoms with E-state index in [-0.39, 0.29) is 12.2 Å². The van der Waals surface area contributed by atoms with Gasteiger partial charge in [0, 0.05) is 12.6 Å². The molecule has 0 bridgehead atoms. The quantitative estimate of drug-likeness (QED) is 0.829. The van der Waals surface area contributed by atoms with Gasteiger partial charge < -0.3 is 5.32 Å². The highest BCUT2D eigenvalue weighted by atomic mass is 16.2. The maximum atomic E-state index is 12.3. The molecule has 1 heterocycles. The Balaban J connectivity index is 1.98. The number of aromatic nitrogens is 1. The first kappa shape index (κ1) is 17.4. The van der Waals surface area contributed by atoms with Crippen LogP contribution >= 0.6 is 0 Å². The molecule has 1 N–H and O–H groups in total. The molecule has 1 atom stereocenters. The number of nitrogens with one attached hydrogen (secondary N) is 1. The number of anilines is 1. The molecule has 0 aliphatic rings. The van der Waals surface area contributed by atoms with E-state index in [4.69, 9.17) is 0 Å². The molecule has 5 heteroatoms. The van der Waals surface area contributed by atoms with E-state index in [1.807, 2.05) is 26.0 Å². The van der Waals surface area contributed by atoms with E-state index in [1.165, 1.54) is 6.20 Å². The van der Waals surface area contributed by atoms with Crippen molar-refractivity contribution in [2.24, 2.45) is 5.92 Å². The molecule has 0 saturated heterocycles.